The molecule has 1 aliphatic heterocycles. The lowest BCUT2D eigenvalue weighted by Gasteiger charge is -2.16. The number of hydrogen-bond acceptors (Lipinski definition) is 2. The average Bonchev–Trinajstić information content (AvgIpc) is 2.83. The first-order chi connectivity index (χ1) is 8.38. The van der Waals surface area contributed by atoms with Crippen LogP contribution in [0, 0.1) is 0 Å². The van der Waals surface area contributed by atoms with Crippen molar-refractivity contribution in [3.05, 3.63) is 35.9 Å². The third-order valence-electron chi connectivity index (χ3n) is 3.51. The zero-order valence-corrected chi connectivity index (χ0v) is 10.9. The molecule has 1 atom stereocenters. The maximum Gasteiger partial charge on any atom is 0.0207 e. The van der Waals surface area contributed by atoms with Gasteiger partial charge in [-0.3, -0.25) is 0 Å². The first-order valence-electron chi connectivity index (χ1n) is 6.88. The Kier molecular flexibility index (Phi) is 5.02. The van der Waals surface area contributed by atoms with Crippen molar-refractivity contribution < 1.29 is 0 Å². The SMILES string of the molecule is CCCNC1CCN(CCc2ccccc2)C1. The fourth-order valence-corrected chi connectivity index (χ4v) is 2.48. The van der Waals surface area contributed by atoms with Crippen molar-refractivity contribution in [3.8, 4) is 0 Å². The van der Waals surface area contributed by atoms with Crippen LogP contribution in [0.2, 0.25) is 0 Å². The van der Waals surface area contributed by atoms with Gasteiger partial charge in [-0.25, -0.2) is 0 Å². The lowest BCUT2D eigenvalue weighted by atomic mass is 10.1. The van der Waals surface area contributed by atoms with Crippen LogP contribution in [0.15, 0.2) is 30.3 Å². The molecule has 0 radical (unpaired) electrons. The van der Waals surface area contributed by atoms with Crippen molar-refractivity contribution in [1.29, 1.82) is 0 Å². The Morgan fingerprint density at radius 1 is 1.29 bits per heavy atom. The van der Waals surface area contributed by atoms with Gasteiger partial charge in [-0.15, -0.1) is 0 Å². The van der Waals surface area contributed by atoms with Crippen LogP contribution in [0.1, 0.15) is 25.3 Å². The van der Waals surface area contributed by atoms with Crippen LogP contribution < -0.4 is 5.32 Å². The summed E-state index contributed by atoms with van der Waals surface area (Å²) in [7, 11) is 0. The molecule has 17 heavy (non-hydrogen) atoms. The minimum atomic E-state index is 0.728. The largest absolute Gasteiger partial charge is 0.313 e. The highest BCUT2D eigenvalue weighted by atomic mass is 15.2. The molecule has 2 heteroatoms. The minimum Gasteiger partial charge on any atom is -0.313 e. The highest BCUT2D eigenvalue weighted by Gasteiger charge is 2.20. The van der Waals surface area contributed by atoms with Crippen molar-refractivity contribution in [1.82, 2.24) is 10.2 Å². The number of benzene rings is 1. The molecule has 1 unspecified atom stereocenters. The summed E-state index contributed by atoms with van der Waals surface area (Å²) in [5, 5.41) is 3.62. The van der Waals surface area contributed by atoms with Crippen LogP contribution in [-0.2, 0) is 6.42 Å². The Balaban J connectivity index is 1.68. The Morgan fingerprint density at radius 3 is 2.88 bits per heavy atom. The van der Waals surface area contributed by atoms with E-state index >= 15 is 0 Å². The third-order valence-corrected chi connectivity index (χ3v) is 3.51. The van der Waals surface area contributed by atoms with E-state index in [1.54, 1.807) is 0 Å². The molecule has 0 spiro atoms. The summed E-state index contributed by atoms with van der Waals surface area (Å²) < 4.78 is 0. The van der Waals surface area contributed by atoms with Gasteiger partial charge in [0, 0.05) is 19.1 Å². The number of nitrogens with one attached hydrogen (secondary N) is 1. The van der Waals surface area contributed by atoms with Crippen molar-refractivity contribution in [3.63, 3.8) is 0 Å². The molecule has 1 fully saturated rings. The Hall–Kier alpha value is -0.860. The van der Waals surface area contributed by atoms with E-state index in [1.807, 2.05) is 0 Å². The quantitative estimate of drug-likeness (QED) is 0.809. The van der Waals surface area contributed by atoms with Crippen molar-refractivity contribution in [2.45, 2.75) is 32.2 Å². The zero-order valence-electron chi connectivity index (χ0n) is 10.9. The zero-order chi connectivity index (χ0) is 11.9. The summed E-state index contributed by atoms with van der Waals surface area (Å²) in [6, 6.07) is 11.5. The fourth-order valence-electron chi connectivity index (χ4n) is 2.48. The summed E-state index contributed by atoms with van der Waals surface area (Å²) in [5.74, 6) is 0. The van der Waals surface area contributed by atoms with Gasteiger partial charge in [0.1, 0.15) is 0 Å². The molecule has 2 nitrogen and oxygen atoms in total. The van der Waals surface area contributed by atoms with Gasteiger partial charge in [0.2, 0.25) is 0 Å². The monoisotopic (exact) mass is 232 g/mol. The summed E-state index contributed by atoms with van der Waals surface area (Å²) in [5.41, 5.74) is 1.46. The lowest BCUT2D eigenvalue weighted by molar-refractivity contribution is 0.332. The molecule has 1 heterocycles. The molecule has 1 N–H and O–H groups in total. The average molecular weight is 232 g/mol. The Labute approximate surface area is 105 Å². The van der Waals surface area contributed by atoms with Gasteiger partial charge in [-0.1, -0.05) is 37.3 Å². The summed E-state index contributed by atoms with van der Waals surface area (Å²) >= 11 is 0. The predicted molar refractivity (Wildman–Crippen MR) is 73.3 cm³/mol. The standard InChI is InChI=1S/C15H24N2/c1-2-10-16-15-9-12-17(13-15)11-8-14-6-4-3-5-7-14/h3-7,15-16H,2,8-13H2,1H3. The molecule has 0 saturated carbocycles. The second kappa shape index (κ2) is 6.77. The van der Waals surface area contributed by atoms with Crippen LogP contribution >= 0.6 is 0 Å². The maximum atomic E-state index is 3.62. The van der Waals surface area contributed by atoms with Crippen LogP contribution in [0.25, 0.3) is 0 Å². The van der Waals surface area contributed by atoms with E-state index in [2.05, 4.69) is 47.5 Å². The van der Waals surface area contributed by atoms with E-state index < -0.39 is 0 Å². The van der Waals surface area contributed by atoms with Gasteiger partial charge in [-0.2, -0.15) is 0 Å². The molecular weight excluding hydrogens is 208 g/mol. The minimum absolute atomic E-state index is 0.728. The van der Waals surface area contributed by atoms with E-state index in [9.17, 15) is 0 Å². The molecule has 94 valence electrons. The molecule has 1 aromatic carbocycles. The van der Waals surface area contributed by atoms with E-state index in [0.29, 0.717) is 0 Å². The maximum absolute atomic E-state index is 3.62. The normalized spacial score (nSPS) is 20.9. The van der Waals surface area contributed by atoms with E-state index in [4.69, 9.17) is 0 Å². The fraction of sp³-hybridized carbons (Fsp3) is 0.600. The summed E-state index contributed by atoms with van der Waals surface area (Å²) in [6.45, 7) is 7.09. The molecule has 1 saturated heterocycles. The van der Waals surface area contributed by atoms with Crippen LogP contribution in [-0.4, -0.2) is 37.1 Å². The summed E-state index contributed by atoms with van der Waals surface area (Å²) in [4.78, 5) is 2.58. The van der Waals surface area contributed by atoms with Crippen LogP contribution in [0.3, 0.4) is 0 Å². The molecule has 2 rings (SSSR count). The molecule has 1 aromatic rings. The Bertz CT molecular complexity index is 310. The second-order valence-electron chi connectivity index (χ2n) is 4.98. The van der Waals surface area contributed by atoms with Gasteiger partial charge < -0.3 is 10.2 Å². The van der Waals surface area contributed by atoms with Gasteiger partial charge in [0.15, 0.2) is 0 Å². The number of rotatable bonds is 6. The molecular formula is C15H24N2. The second-order valence-corrected chi connectivity index (χ2v) is 4.98. The molecule has 0 bridgehead atoms. The van der Waals surface area contributed by atoms with Gasteiger partial charge in [0.25, 0.3) is 0 Å². The van der Waals surface area contributed by atoms with Crippen molar-refractivity contribution >= 4 is 0 Å². The molecule has 1 aliphatic rings. The van der Waals surface area contributed by atoms with E-state index in [1.165, 1.54) is 44.5 Å². The van der Waals surface area contributed by atoms with Gasteiger partial charge in [0.05, 0.1) is 0 Å². The highest BCUT2D eigenvalue weighted by Crippen LogP contribution is 2.10. The predicted octanol–water partition coefficient (Wildman–Crippen LogP) is 2.30. The van der Waals surface area contributed by atoms with E-state index in [0.717, 1.165) is 12.6 Å². The first kappa shape index (κ1) is 12.6. The highest BCUT2D eigenvalue weighted by molar-refractivity contribution is 5.14. The van der Waals surface area contributed by atoms with Gasteiger partial charge in [-0.05, 0) is 37.9 Å². The number of hydrogen-bond donors (Lipinski definition) is 1. The van der Waals surface area contributed by atoms with E-state index in [-0.39, 0.29) is 0 Å². The third kappa shape index (κ3) is 4.14. The molecule has 0 aromatic heterocycles. The molecule has 0 aliphatic carbocycles. The van der Waals surface area contributed by atoms with Crippen LogP contribution in [0.4, 0.5) is 0 Å². The van der Waals surface area contributed by atoms with Crippen LogP contribution in [0.5, 0.6) is 0 Å². The Morgan fingerprint density at radius 2 is 2.12 bits per heavy atom. The molecule has 0 amide bonds. The number of nitrogens with zero attached hydrogens (tertiary/aromatic N) is 1. The lowest BCUT2D eigenvalue weighted by Crippen LogP contribution is -2.33. The number of likely N-dealkylation sites (tertiary alicyclic amines) is 1. The van der Waals surface area contributed by atoms with Crippen molar-refractivity contribution in [2.75, 3.05) is 26.2 Å². The summed E-state index contributed by atoms with van der Waals surface area (Å²) in [6.07, 6.45) is 3.73. The van der Waals surface area contributed by atoms with Gasteiger partial charge >= 0.3 is 0 Å². The smallest absolute Gasteiger partial charge is 0.0207 e. The van der Waals surface area contributed by atoms with Crippen molar-refractivity contribution in [2.24, 2.45) is 0 Å². The first-order valence-corrected chi connectivity index (χ1v) is 6.88. The topological polar surface area (TPSA) is 15.3 Å².